The van der Waals surface area contributed by atoms with Crippen molar-refractivity contribution in [2.45, 2.75) is 6.42 Å². The lowest BCUT2D eigenvalue weighted by atomic mass is 10.0. The molecule has 0 aliphatic rings. The Morgan fingerprint density at radius 3 is 2.78 bits per heavy atom. The minimum atomic E-state index is 0.321. The summed E-state index contributed by atoms with van der Waals surface area (Å²) >= 11 is 0. The maximum absolute atomic E-state index is 7.85. The Kier molecular flexibility index (Phi) is 3.28. The van der Waals surface area contributed by atoms with Gasteiger partial charge in [0.05, 0.1) is 7.11 Å². The first-order chi connectivity index (χ1) is 8.65. The molecule has 0 fully saturated rings. The van der Waals surface area contributed by atoms with Gasteiger partial charge in [-0.2, -0.15) is 0 Å². The van der Waals surface area contributed by atoms with Gasteiger partial charge in [0.25, 0.3) is 0 Å². The molecule has 4 heteroatoms. The molecule has 2 aromatic rings. The summed E-state index contributed by atoms with van der Waals surface area (Å²) in [4.78, 5) is 0. The van der Waals surface area contributed by atoms with Crippen molar-refractivity contribution in [3.63, 3.8) is 0 Å². The fourth-order valence-corrected chi connectivity index (χ4v) is 1.89. The van der Waals surface area contributed by atoms with Gasteiger partial charge in [-0.25, -0.2) is 0 Å². The first-order valence-electron chi connectivity index (χ1n) is 5.59. The summed E-state index contributed by atoms with van der Waals surface area (Å²) in [6.07, 6.45) is 1.54. The molecule has 0 aromatic heterocycles. The molecule has 4 N–H and O–H groups in total. The predicted octanol–water partition coefficient (Wildman–Crippen LogP) is 2.84. The monoisotopic (exact) mass is 241 g/mol. The zero-order valence-electron chi connectivity index (χ0n) is 10.2. The minimum Gasteiger partial charge on any atom is -0.497 e. The second kappa shape index (κ2) is 4.87. The average molecular weight is 241 g/mol. The number of anilines is 1. The van der Waals surface area contributed by atoms with E-state index in [-0.39, 0.29) is 0 Å². The van der Waals surface area contributed by atoms with Crippen LogP contribution in [0, 0.1) is 10.8 Å². The fraction of sp³-hybridized carbons (Fsp3) is 0.143. The Hall–Kier alpha value is -2.36. The molecule has 0 saturated heterocycles. The van der Waals surface area contributed by atoms with Crippen molar-refractivity contribution in [3.8, 4) is 5.75 Å². The smallest absolute Gasteiger partial charge is 0.119 e. The van der Waals surface area contributed by atoms with Crippen LogP contribution in [0.15, 0.2) is 30.3 Å². The predicted molar refractivity (Wildman–Crippen MR) is 75.1 cm³/mol. The summed E-state index contributed by atoms with van der Waals surface area (Å²) in [5.41, 5.74) is 7.78. The van der Waals surface area contributed by atoms with Crippen LogP contribution >= 0.6 is 0 Å². The van der Waals surface area contributed by atoms with Crippen LogP contribution in [0.1, 0.15) is 12.0 Å². The number of nitrogens with one attached hydrogen (secondary N) is 2. The van der Waals surface area contributed by atoms with Crippen LogP contribution in [0.2, 0.25) is 0 Å². The van der Waals surface area contributed by atoms with E-state index in [2.05, 4.69) is 0 Å². The van der Waals surface area contributed by atoms with Gasteiger partial charge < -0.3 is 21.3 Å². The quantitative estimate of drug-likeness (QED) is 0.568. The van der Waals surface area contributed by atoms with E-state index in [0.29, 0.717) is 17.8 Å². The molecular weight excluding hydrogens is 226 g/mol. The highest BCUT2D eigenvalue weighted by atomic mass is 16.5. The van der Waals surface area contributed by atoms with E-state index >= 15 is 0 Å². The number of fused-ring (bicyclic) bond motifs is 1. The van der Waals surface area contributed by atoms with Gasteiger partial charge in [-0.15, -0.1) is 0 Å². The molecular formula is C14H15N3O. The van der Waals surface area contributed by atoms with Crippen molar-refractivity contribution in [1.82, 2.24) is 0 Å². The first-order valence-corrected chi connectivity index (χ1v) is 5.59. The summed E-state index contributed by atoms with van der Waals surface area (Å²) in [6.45, 7) is 0. The molecule has 0 saturated carbocycles. The summed E-state index contributed by atoms with van der Waals surface area (Å²) in [7, 11) is 1.62. The van der Waals surface area contributed by atoms with Crippen LogP contribution < -0.4 is 10.5 Å². The molecule has 0 heterocycles. The molecule has 0 radical (unpaired) electrons. The number of nitrogens with two attached hydrogens (primary N) is 1. The Morgan fingerprint density at radius 2 is 2.11 bits per heavy atom. The fourth-order valence-electron chi connectivity index (χ4n) is 1.89. The number of rotatable bonds is 4. The Morgan fingerprint density at radius 1 is 1.33 bits per heavy atom. The van der Waals surface area contributed by atoms with Crippen LogP contribution in [0.4, 0.5) is 5.69 Å². The van der Waals surface area contributed by atoms with Gasteiger partial charge >= 0.3 is 0 Å². The average Bonchev–Trinajstić information content (AvgIpc) is 2.38. The molecule has 18 heavy (non-hydrogen) atoms. The van der Waals surface area contributed by atoms with E-state index in [0.717, 1.165) is 22.1 Å². The van der Waals surface area contributed by atoms with E-state index in [1.54, 1.807) is 13.2 Å². The van der Waals surface area contributed by atoms with Crippen molar-refractivity contribution >= 4 is 28.4 Å². The third-order valence-electron chi connectivity index (χ3n) is 2.85. The Balaban J connectivity index is 2.56. The largest absolute Gasteiger partial charge is 0.497 e. The highest BCUT2D eigenvalue weighted by Crippen LogP contribution is 2.27. The van der Waals surface area contributed by atoms with Crippen molar-refractivity contribution in [1.29, 1.82) is 10.8 Å². The molecule has 92 valence electrons. The van der Waals surface area contributed by atoms with Gasteiger partial charge in [-0.1, -0.05) is 6.07 Å². The molecule has 0 amide bonds. The highest BCUT2D eigenvalue weighted by molar-refractivity contribution is 6.09. The lowest BCUT2D eigenvalue weighted by Crippen LogP contribution is -2.01. The second-order valence-corrected chi connectivity index (χ2v) is 4.04. The van der Waals surface area contributed by atoms with Crippen LogP contribution in [0.5, 0.6) is 5.75 Å². The van der Waals surface area contributed by atoms with Crippen molar-refractivity contribution in [3.05, 3.63) is 35.9 Å². The van der Waals surface area contributed by atoms with E-state index in [1.165, 1.54) is 6.21 Å². The zero-order valence-corrected chi connectivity index (χ0v) is 10.2. The number of nitrogen functional groups attached to an aromatic ring is 1. The lowest BCUT2D eigenvalue weighted by molar-refractivity contribution is 0.415. The molecule has 2 aromatic carbocycles. The van der Waals surface area contributed by atoms with E-state index in [1.807, 2.05) is 24.3 Å². The first kappa shape index (κ1) is 12.1. The third kappa shape index (κ3) is 2.18. The number of ether oxygens (including phenoxy) is 1. The van der Waals surface area contributed by atoms with Gasteiger partial charge in [0.15, 0.2) is 0 Å². The summed E-state index contributed by atoms with van der Waals surface area (Å²) in [5.74, 6) is 0.761. The van der Waals surface area contributed by atoms with Gasteiger partial charge in [-0.3, -0.25) is 0 Å². The summed E-state index contributed by atoms with van der Waals surface area (Å²) in [5, 5.41) is 16.8. The minimum absolute atomic E-state index is 0.321. The topological polar surface area (TPSA) is 83.0 Å². The Bertz CT molecular complexity index is 620. The lowest BCUT2D eigenvalue weighted by Gasteiger charge is -2.09. The van der Waals surface area contributed by atoms with Crippen molar-refractivity contribution < 1.29 is 4.74 Å². The number of methoxy groups -OCH3 is 1. The molecule has 0 spiro atoms. The van der Waals surface area contributed by atoms with Gasteiger partial charge in [0.1, 0.15) is 5.75 Å². The van der Waals surface area contributed by atoms with E-state index in [4.69, 9.17) is 21.3 Å². The molecule has 2 rings (SSSR count). The van der Waals surface area contributed by atoms with Crippen LogP contribution in [0.3, 0.4) is 0 Å². The van der Waals surface area contributed by atoms with E-state index < -0.39 is 0 Å². The maximum atomic E-state index is 7.85. The third-order valence-corrected chi connectivity index (χ3v) is 2.85. The van der Waals surface area contributed by atoms with Gasteiger partial charge in [0.2, 0.25) is 0 Å². The molecule has 4 nitrogen and oxygen atoms in total. The van der Waals surface area contributed by atoms with E-state index in [9.17, 15) is 0 Å². The number of hydrogen-bond donors (Lipinski definition) is 3. The second-order valence-electron chi connectivity index (χ2n) is 4.04. The maximum Gasteiger partial charge on any atom is 0.119 e. The molecule has 0 atom stereocenters. The summed E-state index contributed by atoms with van der Waals surface area (Å²) in [6, 6.07) is 9.36. The SMILES string of the molecule is COc1ccc2cc(C(=N)CC=N)cc(N)c2c1. The van der Waals surface area contributed by atoms with Gasteiger partial charge in [-0.05, 0) is 35.2 Å². The standard InChI is InChI=1S/C14H15N3O/c1-18-11-3-2-9-6-10(13(16)4-5-15)7-14(17)12(9)8-11/h2-3,5-8,15-16H,4,17H2,1H3. The van der Waals surface area contributed by atoms with Crippen molar-refractivity contribution in [2.75, 3.05) is 12.8 Å². The van der Waals surface area contributed by atoms with Gasteiger partial charge in [0, 0.05) is 29.4 Å². The van der Waals surface area contributed by atoms with Crippen LogP contribution in [0.25, 0.3) is 10.8 Å². The molecule has 0 unspecified atom stereocenters. The Labute approximate surface area is 105 Å². The van der Waals surface area contributed by atoms with Crippen LogP contribution in [-0.4, -0.2) is 19.0 Å². The number of benzene rings is 2. The zero-order chi connectivity index (χ0) is 13.1. The highest BCUT2D eigenvalue weighted by Gasteiger charge is 2.06. The number of hydrogen-bond acceptors (Lipinski definition) is 4. The molecule has 0 bridgehead atoms. The molecule has 0 aliphatic heterocycles. The normalized spacial score (nSPS) is 10.3. The van der Waals surface area contributed by atoms with Crippen LogP contribution in [-0.2, 0) is 0 Å². The van der Waals surface area contributed by atoms with Crippen molar-refractivity contribution in [2.24, 2.45) is 0 Å². The molecule has 0 aliphatic carbocycles. The summed E-state index contributed by atoms with van der Waals surface area (Å²) < 4.78 is 5.17.